The van der Waals surface area contributed by atoms with Crippen LogP contribution in [0.15, 0.2) is 24.8 Å². The summed E-state index contributed by atoms with van der Waals surface area (Å²) >= 11 is 3.42. The van der Waals surface area contributed by atoms with Gasteiger partial charge >= 0.3 is 6.09 Å². The van der Waals surface area contributed by atoms with Gasteiger partial charge in [0.1, 0.15) is 6.61 Å². The number of amides is 2. The van der Waals surface area contributed by atoms with E-state index in [1.165, 1.54) is 18.1 Å². The van der Waals surface area contributed by atoms with Gasteiger partial charge in [-0.15, -0.1) is 0 Å². The van der Waals surface area contributed by atoms with Crippen molar-refractivity contribution in [1.82, 2.24) is 4.90 Å². The number of carbonyl (C=O) groups excluding carboxylic acids is 2. The third-order valence-electron chi connectivity index (χ3n) is 6.70. The van der Waals surface area contributed by atoms with Gasteiger partial charge in [-0.05, 0) is 50.0 Å². The van der Waals surface area contributed by atoms with E-state index < -0.39 is 18.4 Å². The Bertz CT molecular complexity index is 918. The molecule has 3 aliphatic rings. The Kier molecular flexibility index (Phi) is 7.19. The lowest BCUT2D eigenvalue weighted by atomic mass is 10.0. The fourth-order valence-electron chi connectivity index (χ4n) is 4.75. The van der Waals surface area contributed by atoms with E-state index in [0.717, 1.165) is 37.4 Å². The van der Waals surface area contributed by atoms with Crippen LogP contribution in [0, 0.1) is 5.41 Å². The van der Waals surface area contributed by atoms with Crippen molar-refractivity contribution in [3.63, 3.8) is 0 Å². The van der Waals surface area contributed by atoms with Crippen molar-refractivity contribution in [2.45, 2.75) is 50.8 Å². The van der Waals surface area contributed by atoms with E-state index in [1.54, 1.807) is 17.0 Å². The molecule has 0 aromatic heterocycles. The largest absolute Gasteiger partial charge is 0.493 e. The first-order chi connectivity index (χ1) is 15.9. The van der Waals surface area contributed by atoms with Crippen molar-refractivity contribution in [2.24, 2.45) is 5.41 Å². The van der Waals surface area contributed by atoms with Crippen LogP contribution in [0.4, 0.5) is 10.5 Å². The maximum atomic E-state index is 13.6. The highest BCUT2D eigenvalue weighted by molar-refractivity contribution is 9.09. The van der Waals surface area contributed by atoms with Crippen molar-refractivity contribution >= 4 is 33.6 Å². The molecule has 1 saturated heterocycles. The SMILES string of the molecule is C=CCOC(=O)N1c2cc(OCCCCCBr)c(OC)cc2C(=O)N2CC3(CC3)C[C@H]2C1O. The molecule has 8 nitrogen and oxygen atoms in total. The number of hydrogen-bond acceptors (Lipinski definition) is 6. The lowest BCUT2D eigenvalue weighted by Gasteiger charge is -2.31. The van der Waals surface area contributed by atoms with Gasteiger partial charge in [-0.25, -0.2) is 9.69 Å². The number of methoxy groups -OCH3 is 1. The number of unbranched alkanes of at least 4 members (excludes halogenated alkanes) is 2. The van der Waals surface area contributed by atoms with Gasteiger partial charge in [0.15, 0.2) is 17.7 Å². The number of alkyl halides is 1. The number of hydrogen-bond donors (Lipinski definition) is 1. The molecule has 1 saturated carbocycles. The van der Waals surface area contributed by atoms with Gasteiger partial charge in [0.25, 0.3) is 5.91 Å². The molecular formula is C24H31BrN2O6. The molecule has 1 N–H and O–H groups in total. The van der Waals surface area contributed by atoms with E-state index in [0.29, 0.717) is 31.1 Å². The number of aliphatic hydroxyl groups is 1. The van der Waals surface area contributed by atoms with Crippen molar-refractivity contribution in [2.75, 3.05) is 37.1 Å². The summed E-state index contributed by atoms with van der Waals surface area (Å²) in [6.07, 6.45) is 5.13. The molecule has 0 bridgehead atoms. The zero-order chi connectivity index (χ0) is 23.6. The zero-order valence-electron chi connectivity index (χ0n) is 18.9. The maximum Gasteiger partial charge on any atom is 0.416 e. The minimum atomic E-state index is -1.23. The number of fused-ring (bicyclic) bond motifs is 2. The molecule has 1 aromatic carbocycles. The monoisotopic (exact) mass is 522 g/mol. The molecule has 1 aromatic rings. The van der Waals surface area contributed by atoms with Gasteiger partial charge in [-0.2, -0.15) is 0 Å². The number of rotatable bonds is 9. The highest BCUT2D eigenvalue weighted by Crippen LogP contribution is 2.56. The van der Waals surface area contributed by atoms with Gasteiger partial charge in [-0.3, -0.25) is 4.79 Å². The number of ether oxygens (including phenoxy) is 3. The Labute approximate surface area is 202 Å². The summed E-state index contributed by atoms with van der Waals surface area (Å²) in [5, 5.41) is 12.3. The van der Waals surface area contributed by atoms with Gasteiger partial charge in [-0.1, -0.05) is 28.6 Å². The van der Waals surface area contributed by atoms with Crippen LogP contribution < -0.4 is 14.4 Å². The second kappa shape index (κ2) is 9.93. The summed E-state index contributed by atoms with van der Waals surface area (Å²) in [4.78, 5) is 29.5. The average molecular weight is 523 g/mol. The van der Waals surface area contributed by atoms with Gasteiger partial charge in [0.05, 0.1) is 31.0 Å². The normalized spacial score (nSPS) is 22.5. The molecule has 1 spiro atoms. The van der Waals surface area contributed by atoms with Crippen LogP contribution in [0.5, 0.6) is 11.5 Å². The van der Waals surface area contributed by atoms with Crippen molar-refractivity contribution in [3.8, 4) is 11.5 Å². The molecule has 180 valence electrons. The standard InChI is InChI=1S/C24H31BrN2O6/c1-3-10-33-23(30)27-17-13-20(32-11-6-4-5-9-25)19(31-2)12-16(17)21(28)26-15-24(7-8-24)14-18(26)22(27)29/h3,12-13,18,22,29H,1,4-11,14-15H2,2H3/t18-,22?/m0/s1. The molecule has 2 fully saturated rings. The fraction of sp³-hybridized carbons (Fsp3) is 0.583. The fourth-order valence-corrected chi connectivity index (χ4v) is 5.14. The molecule has 0 radical (unpaired) electrons. The molecular weight excluding hydrogens is 492 g/mol. The first-order valence-corrected chi connectivity index (χ1v) is 12.5. The predicted molar refractivity (Wildman–Crippen MR) is 127 cm³/mol. The quantitative estimate of drug-likeness (QED) is 0.298. The van der Waals surface area contributed by atoms with Gasteiger partial charge < -0.3 is 24.2 Å². The summed E-state index contributed by atoms with van der Waals surface area (Å²) < 4.78 is 16.8. The second-order valence-corrected chi connectivity index (χ2v) is 9.77. The summed E-state index contributed by atoms with van der Waals surface area (Å²) in [6, 6.07) is 2.71. The molecule has 1 unspecified atom stereocenters. The number of nitrogens with zero attached hydrogens (tertiary/aromatic N) is 2. The van der Waals surface area contributed by atoms with Gasteiger partial charge in [0, 0.05) is 17.9 Å². The van der Waals surface area contributed by atoms with E-state index in [2.05, 4.69) is 22.5 Å². The number of anilines is 1. The highest BCUT2D eigenvalue weighted by atomic mass is 79.9. The van der Waals surface area contributed by atoms with Crippen LogP contribution in [-0.4, -0.2) is 66.5 Å². The Morgan fingerprint density at radius 3 is 2.76 bits per heavy atom. The summed E-state index contributed by atoms with van der Waals surface area (Å²) in [5.74, 6) is 0.603. The van der Waals surface area contributed by atoms with Gasteiger partial charge in [0.2, 0.25) is 0 Å². The van der Waals surface area contributed by atoms with E-state index in [-0.39, 0.29) is 29.2 Å². The third-order valence-corrected chi connectivity index (χ3v) is 7.26. The number of halogens is 1. The Morgan fingerprint density at radius 1 is 1.30 bits per heavy atom. The molecule has 2 aliphatic heterocycles. The topological polar surface area (TPSA) is 88.5 Å². The van der Waals surface area contributed by atoms with Crippen LogP contribution in [-0.2, 0) is 4.74 Å². The highest BCUT2D eigenvalue weighted by Gasteiger charge is 2.57. The van der Waals surface area contributed by atoms with Crippen LogP contribution >= 0.6 is 15.9 Å². The number of carbonyl (C=O) groups is 2. The zero-order valence-corrected chi connectivity index (χ0v) is 20.5. The van der Waals surface area contributed by atoms with E-state index in [9.17, 15) is 14.7 Å². The minimum absolute atomic E-state index is 0.00324. The van der Waals surface area contributed by atoms with Crippen molar-refractivity contribution in [1.29, 1.82) is 0 Å². The second-order valence-electron chi connectivity index (χ2n) is 8.97. The Balaban J connectivity index is 1.71. The number of benzene rings is 1. The smallest absolute Gasteiger partial charge is 0.416 e. The Morgan fingerprint density at radius 2 is 2.09 bits per heavy atom. The lowest BCUT2D eigenvalue weighted by molar-refractivity contribution is 0.0496. The number of aliphatic hydroxyl groups excluding tert-OH is 1. The molecule has 1 aliphatic carbocycles. The lowest BCUT2D eigenvalue weighted by Crippen LogP contribution is -2.50. The van der Waals surface area contributed by atoms with Crippen molar-refractivity contribution in [3.05, 3.63) is 30.4 Å². The van der Waals surface area contributed by atoms with Crippen LogP contribution in [0.2, 0.25) is 0 Å². The predicted octanol–water partition coefficient (Wildman–Crippen LogP) is 4.09. The molecule has 2 amide bonds. The van der Waals surface area contributed by atoms with Crippen LogP contribution in [0.1, 0.15) is 48.9 Å². The minimum Gasteiger partial charge on any atom is -0.493 e. The Hall–Kier alpha value is -2.26. The summed E-state index contributed by atoms with van der Waals surface area (Å²) in [7, 11) is 1.52. The first kappa shape index (κ1) is 23.9. The molecule has 2 atom stereocenters. The molecule has 9 heteroatoms. The van der Waals surface area contributed by atoms with Crippen LogP contribution in [0.3, 0.4) is 0 Å². The molecule has 2 heterocycles. The van der Waals surface area contributed by atoms with E-state index in [4.69, 9.17) is 14.2 Å². The van der Waals surface area contributed by atoms with E-state index in [1.807, 2.05) is 0 Å². The summed E-state index contributed by atoms with van der Waals surface area (Å²) in [5.41, 5.74) is 0.600. The third kappa shape index (κ3) is 4.71. The van der Waals surface area contributed by atoms with E-state index >= 15 is 0 Å². The molecule has 33 heavy (non-hydrogen) atoms. The summed E-state index contributed by atoms with van der Waals surface area (Å²) in [6.45, 7) is 4.63. The van der Waals surface area contributed by atoms with Crippen LogP contribution in [0.25, 0.3) is 0 Å². The molecule has 4 rings (SSSR count). The average Bonchev–Trinajstić information content (AvgIpc) is 3.47. The van der Waals surface area contributed by atoms with Crippen molar-refractivity contribution < 1.29 is 28.9 Å². The first-order valence-electron chi connectivity index (χ1n) is 11.4. The maximum absolute atomic E-state index is 13.6.